The van der Waals surface area contributed by atoms with E-state index in [0.29, 0.717) is 5.02 Å². The quantitative estimate of drug-likeness (QED) is 0.541. The molecule has 0 unspecified atom stereocenters. The largest absolute Gasteiger partial charge is 0.322 e. The minimum atomic E-state index is -0.262. The maximum absolute atomic E-state index is 6.67. The van der Waals surface area contributed by atoms with E-state index in [1.165, 1.54) is 0 Å². The summed E-state index contributed by atoms with van der Waals surface area (Å²) >= 11 is 6.12. The van der Waals surface area contributed by atoms with Gasteiger partial charge >= 0.3 is 0 Å². The van der Waals surface area contributed by atoms with Crippen molar-refractivity contribution < 1.29 is 0 Å². The third-order valence-electron chi connectivity index (χ3n) is 4.58. The molecule has 2 atom stereocenters. The molecule has 0 spiro atoms. The van der Waals surface area contributed by atoms with Gasteiger partial charge in [0.25, 0.3) is 0 Å². The van der Waals surface area contributed by atoms with Crippen LogP contribution in [0.2, 0.25) is 5.02 Å². The van der Waals surface area contributed by atoms with Crippen LogP contribution in [-0.2, 0) is 0 Å². The van der Waals surface area contributed by atoms with Crippen molar-refractivity contribution in [3.05, 3.63) is 107 Å². The highest BCUT2D eigenvalue weighted by Gasteiger charge is 2.24. The van der Waals surface area contributed by atoms with Crippen LogP contribution in [0.4, 0.5) is 0 Å². The molecule has 0 fully saturated rings. The summed E-state index contributed by atoms with van der Waals surface area (Å²) in [4.78, 5) is 0. The van der Waals surface area contributed by atoms with Crippen LogP contribution < -0.4 is 5.73 Å². The predicted octanol–water partition coefficient (Wildman–Crippen LogP) is 4.89. The molecule has 2 N–H and O–H groups in total. The van der Waals surface area contributed by atoms with E-state index in [1.807, 2.05) is 83.7 Å². The normalized spacial score (nSPS) is 13.3. The Hall–Kier alpha value is -2.95. The summed E-state index contributed by atoms with van der Waals surface area (Å²) in [5.74, 6) is 0. The molecular weight excluding hydrogens is 356 g/mol. The molecule has 4 rings (SSSR count). The van der Waals surface area contributed by atoms with Gasteiger partial charge in [0.1, 0.15) is 5.69 Å². The van der Waals surface area contributed by atoms with Gasteiger partial charge in [-0.15, -0.1) is 5.10 Å². The van der Waals surface area contributed by atoms with Gasteiger partial charge in [-0.05, 0) is 23.3 Å². The van der Waals surface area contributed by atoms with E-state index in [1.54, 1.807) is 0 Å². The molecular formula is C22H19ClN4. The molecule has 27 heavy (non-hydrogen) atoms. The molecule has 0 aliphatic carbocycles. The first kappa shape index (κ1) is 17.5. The van der Waals surface area contributed by atoms with E-state index in [9.17, 15) is 0 Å². The molecule has 0 bridgehead atoms. The minimum absolute atomic E-state index is 0.172. The Labute approximate surface area is 163 Å². The number of rotatable bonds is 5. The highest BCUT2D eigenvalue weighted by atomic mass is 35.5. The standard InChI is InChI=1S/C22H19ClN4/c23-19-13-7-12-18(14-19)20-15-27(26-25-20)22(17-10-5-2-6-11-17)21(24)16-8-3-1-4-9-16/h1-15,21-22H,24H2/t21-,22+/m0/s1. The molecule has 0 aliphatic heterocycles. The second-order valence-electron chi connectivity index (χ2n) is 6.39. The summed E-state index contributed by atoms with van der Waals surface area (Å²) in [6, 6.07) is 27.3. The van der Waals surface area contributed by atoms with Gasteiger partial charge in [0, 0.05) is 10.6 Å². The topological polar surface area (TPSA) is 56.7 Å². The van der Waals surface area contributed by atoms with Crippen LogP contribution in [0.15, 0.2) is 91.1 Å². The number of aromatic nitrogens is 3. The van der Waals surface area contributed by atoms with Crippen molar-refractivity contribution >= 4 is 11.6 Å². The summed E-state index contributed by atoms with van der Waals surface area (Å²) in [6.45, 7) is 0. The molecule has 4 nitrogen and oxygen atoms in total. The van der Waals surface area contributed by atoms with Crippen LogP contribution in [0.25, 0.3) is 11.3 Å². The molecule has 0 aliphatic rings. The zero-order chi connectivity index (χ0) is 18.6. The summed E-state index contributed by atoms with van der Waals surface area (Å²) in [5.41, 5.74) is 10.5. The first-order valence-corrected chi connectivity index (χ1v) is 9.13. The van der Waals surface area contributed by atoms with Crippen LogP contribution in [0, 0.1) is 0 Å². The van der Waals surface area contributed by atoms with Gasteiger partial charge in [-0.1, -0.05) is 89.6 Å². The number of halogens is 1. The fourth-order valence-corrected chi connectivity index (χ4v) is 3.42. The zero-order valence-electron chi connectivity index (χ0n) is 14.6. The van der Waals surface area contributed by atoms with E-state index >= 15 is 0 Å². The average molecular weight is 375 g/mol. The lowest BCUT2D eigenvalue weighted by Crippen LogP contribution is -2.26. The monoisotopic (exact) mass is 374 g/mol. The first-order valence-electron chi connectivity index (χ1n) is 8.75. The molecule has 0 radical (unpaired) electrons. The van der Waals surface area contributed by atoms with Crippen LogP contribution in [-0.4, -0.2) is 15.0 Å². The highest BCUT2D eigenvalue weighted by Crippen LogP contribution is 2.31. The summed E-state index contributed by atoms with van der Waals surface area (Å²) in [7, 11) is 0. The second kappa shape index (κ2) is 7.74. The molecule has 0 saturated heterocycles. The number of hydrogen-bond donors (Lipinski definition) is 1. The SMILES string of the molecule is N[C@@H](c1ccccc1)[C@@H](c1ccccc1)n1cc(-c2cccc(Cl)c2)nn1. The highest BCUT2D eigenvalue weighted by molar-refractivity contribution is 6.30. The molecule has 0 amide bonds. The lowest BCUT2D eigenvalue weighted by atomic mass is 9.94. The molecule has 5 heteroatoms. The Morgan fingerprint density at radius 2 is 1.48 bits per heavy atom. The van der Waals surface area contributed by atoms with Gasteiger partial charge in [0.2, 0.25) is 0 Å². The summed E-state index contributed by atoms with van der Waals surface area (Å²) in [5, 5.41) is 9.41. The third kappa shape index (κ3) is 3.77. The van der Waals surface area contributed by atoms with E-state index in [0.717, 1.165) is 22.4 Å². The van der Waals surface area contributed by atoms with Crippen molar-refractivity contribution in [3.63, 3.8) is 0 Å². The molecule has 1 heterocycles. The summed E-state index contributed by atoms with van der Waals surface area (Å²) in [6.07, 6.45) is 1.92. The maximum Gasteiger partial charge on any atom is 0.113 e. The van der Waals surface area contributed by atoms with Crippen molar-refractivity contribution in [2.75, 3.05) is 0 Å². The molecule has 1 aromatic heterocycles. The Kier molecular flexibility index (Phi) is 5.01. The second-order valence-corrected chi connectivity index (χ2v) is 6.82. The van der Waals surface area contributed by atoms with Crippen LogP contribution in [0.3, 0.4) is 0 Å². The number of nitrogens with two attached hydrogens (primary N) is 1. The van der Waals surface area contributed by atoms with Gasteiger partial charge in [-0.2, -0.15) is 0 Å². The third-order valence-corrected chi connectivity index (χ3v) is 4.82. The smallest absolute Gasteiger partial charge is 0.113 e. The van der Waals surface area contributed by atoms with Crippen molar-refractivity contribution in [2.24, 2.45) is 5.73 Å². The predicted molar refractivity (Wildman–Crippen MR) is 108 cm³/mol. The van der Waals surface area contributed by atoms with E-state index < -0.39 is 0 Å². The average Bonchev–Trinajstić information content (AvgIpc) is 3.19. The zero-order valence-corrected chi connectivity index (χ0v) is 15.4. The van der Waals surface area contributed by atoms with Crippen molar-refractivity contribution in [1.82, 2.24) is 15.0 Å². The molecule has 0 saturated carbocycles. The fraction of sp³-hybridized carbons (Fsp3) is 0.0909. The minimum Gasteiger partial charge on any atom is -0.322 e. The van der Waals surface area contributed by atoms with Gasteiger partial charge in [-0.3, -0.25) is 0 Å². The lowest BCUT2D eigenvalue weighted by Gasteiger charge is -2.24. The van der Waals surface area contributed by atoms with Crippen LogP contribution in [0.1, 0.15) is 23.2 Å². The van der Waals surface area contributed by atoms with E-state index in [4.69, 9.17) is 17.3 Å². The number of hydrogen-bond acceptors (Lipinski definition) is 3. The van der Waals surface area contributed by atoms with Gasteiger partial charge < -0.3 is 5.73 Å². The van der Waals surface area contributed by atoms with Gasteiger partial charge in [-0.25, -0.2) is 4.68 Å². The molecule has 134 valence electrons. The Morgan fingerprint density at radius 1 is 0.815 bits per heavy atom. The van der Waals surface area contributed by atoms with Gasteiger partial charge in [0.15, 0.2) is 0 Å². The Morgan fingerprint density at radius 3 is 2.15 bits per heavy atom. The van der Waals surface area contributed by atoms with E-state index in [-0.39, 0.29) is 12.1 Å². The number of nitrogens with zero attached hydrogens (tertiary/aromatic N) is 3. The fourth-order valence-electron chi connectivity index (χ4n) is 3.23. The van der Waals surface area contributed by atoms with Crippen LogP contribution in [0.5, 0.6) is 0 Å². The Balaban J connectivity index is 1.76. The van der Waals surface area contributed by atoms with Crippen molar-refractivity contribution in [1.29, 1.82) is 0 Å². The number of benzene rings is 3. The van der Waals surface area contributed by atoms with Crippen LogP contribution >= 0.6 is 11.6 Å². The molecule has 3 aromatic carbocycles. The van der Waals surface area contributed by atoms with E-state index in [2.05, 4.69) is 22.4 Å². The van der Waals surface area contributed by atoms with Crippen molar-refractivity contribution in [2.45, 2.75) is 12.1 Å². The Bertz CT molecular complexity index is 1010. The van der Waals surface area contributed by atoms with Gasteiger partial charge in [0.05, 0.1) is 18.3 Å². The molecule has 4 aromatic rings. The first-order chi connectivity index (χ1) is 13.2. The summed E-state index contributed by atoms with van der Waals surface area (Å²) < 4.78 is 1.84. The maximum atomic E-state index is 6.67. The van der Waals surface area contributed by atoms with Crippen molar-refractivity contribution in [3.8, 4) is 11.3 Å². The lowest BCUT2D eigenvalue weighted by molar-refractivity contribution is 0.433.